The van der Waals surface area contributed by atoms with Gasteiger partial charge >= 0.3 is 0 Å². The van der Waals surface area contributed by atoms with Gasteiger partial charge in [-0.25, -0.2) is 0 Å². The maximum Gasteiger partial charge on any atom is 0.0353 e. The van der Waals surface area contributed by atoms with Crippen molar-refractivity contribution >= 4 is 0 Å². The Morgan fingerprint density at radius 1 is 1.06 bits per heavy atom. The predicted octanol–water partition coefficient (Wildman–Crippen LogP) is 3.42. The fraction of sp³-hybridized carbons (Fsp3) is 0.312. The Morgan fingerprint density at radius 3 is 2.61 bits per heavy atom. The van der Waals surface area contributed by atoms with Crippen molar-refractivity contribution in [2.24, 2.45) is 0 Å². The number of hydrogen-bond donors (Lipinski definition) is 0. The van der Waals surface area contributed by atoms with Crippen LogP contribution in [0.5, 0.6) is 0 Å². The fourth-order valence-electron chi connectivity index (χ4n) is 2.80. The first-order chi connectivity index (χ1) is 8.93. The molecule has 1 unspecified atom stereocenters. The van der Waals surface area contributed by atoms with E-state index in [1.54, 1.807) is 0 Å². The summed E-state index contributed by atoms with van der Waals surface area (Å²) < 4.78 is 0. The van der Waals surface area contributed by atoms with Crippen LogP contribution in [0.15, 0.2) is 54.9 Å². The van der Waals surface area contributed by atoms with Crippen molar-refractivity contribution in [1.82, 2.24) is 9.88 Å². The summed E-state index contributed by atoms with van der Waals surface area (Å²) in [5.41, 5.74) is 2.80. The quantitative estimate of drug-likeness (QED) is 0.814. The van der Waals surface area contributed by atoms with Crippen molar-refractivity contribution in [3.63, 3.8) is 0 Å². The van der Waals surface area contributed by atoms with Crippen LogP contribution < -0.4 is 0 Å². The minimum Gasteiger partial charge on any atom is -0.292 e. The second-order valence-corrected chi connectivity index (χ2v) is 4.89. The molecule has 1 aromatic heterocycles. The number of nitrogens with zero attached hydrogens (tertiary/aromatic N) is 2. The topological polar surface area (TPSA) is 16.1 Å². The standard InChI is InChI=1S/C16H18N2/c1-2-5-14(6-3-1)13-18-12-4-7-16(18)15-8-10-17-11-9-15/h1-3,5-6,8-11,16H,4,7,12-13H2. The number of aromatic nitrogens is 1. The summed E-state index contributed by atoms with van der Waals surface area (Å²) in [6.45, 7) is 2.25. The van der Waals surface area contributed by atoms with Gasteiger partial charge in [-0.3, -0.25) is 9.88 Å². The van der Waals surface area contributed by atoms with E-state index in [2.05, 4.69) is 52.3 Å². The first kappa shape index (κ1) is 11.4. The lowest BCUT2D eigenvalue weighted by Gasteiger charge is -2.24. The summed E-state index contributed by atoms with van der Waals surface area (Å²) in [6.07, 6.45) is 6.35. The van der Waals surface area contributed by atoms with E-state index in [0.29, 0.717) is 6.04 Å². The third-order valence-corrected chi connectivity index (χ3v) is 3.68. The van der Waals surface area contributed by atoms with Gasteiger partial charge in [0.2, 0.25) is 0 Å². The number of hydrogen-bond acceptors (Lipinski definition) is 2. The van der Waals surface area contributed by atoms with Crippen molar-refractivity contribution < 1.29 is 0 Å². The number of pyridine rings is 1. The van der Waals surface area contributed by atoms with Gasteiger partial charge in [0.1, 0.15) is 0 Å². The third-order valence-electron chi connectivity index (χ3n) is 3.68. The molecule has 2 aromatic rings. The van der Waals surface area contributed by atoms with E-state index in [9.17, 15) is 0 Å². The van der Waals surface area contributed by atoms with Crippen molar-refractivity contribution in [3.8, 4) is 0 Å². The second kappa shape index (κ2) is 5.32. The smallest absolute Gasteiger partial charge is 0.0353 e. The molecule has 1 aromatic carbocycles. The largest absolute Gasteiger partial charge is 0.292 e. The van der Waals surface area contributed by atoms with E-state index in [-0.39, 0.29) is 0 Å². The van der Waals surface area contributed by atoms with E-state index in [1.807, 2.05) is 12.4 Å². The van der Waals surface area contributed by atoms with Gasteiger partial charge in [0.05, 0.1) is 0 Å². The van der Waals surface area contributed by atoms with Gasteiger partial charge < -0.3 is 0 Å². The summed E-state index contributed by atoms with van der Waals surface area (Å²) in [6, 6.07) is 15.6. The molecule has 1 atom stereocenters. The molecule has 2 nitrogen and oxygen atoms in total. The van der Waals surface area contributed by atoms with E-state index in [0.717, 1.165) is 6.54 Å². The van der Waals surface area contributed by atoms with E-state index >= 15 is 0 Å². The highest BCUT2D eigenvalue weighted by atomic mass is 15.2. The molecule has 1 fully saturated rings. The lowest BCUT2D eigenvalue weighted by atomic mass is 10.1. The van der Waals surface area contributed by atoms with Gasteiger partial charge in [-0.1, -0.05) is 30.3 Å². The van der Waals surface area contributed by atoms with Gasteiger partial charge in [-0.2, -0.15) is 0 Å². The molecular weight excluding hydrogens is 220 g/mol. The minimum absolute atomic E-state index is 0.563. The number of likely N-dealkylation sites (tertiary alicyclic amines) is 1. The number of benzene rings is 1. The van der Waals surface area contributed by atoms with E-state index in [4.69, 9.17) is 0 Å². The molecule has 0 aliphatic carbocycles. The Bertz CT molecular complexity index is 481. The minimum atomic E-state index is 0.563. The zero-order valence-electron chi connectivity index (χ0n) is 10.5. The fourth-order valence-corrected chi connectivity index (χ4v) is 2.80. The molecule has 0 radical (unpaired) electrons. The summed E-state index contributed by atoms with van der Waals surface area (Å²) in [5, 5.41) is 0. The Morgan fingerprint density at radius 2 is 1.83 bits per heavy atom. The highest BCUT2D eigenvalue weighted by molar-refractivity contribution is 5.19. The van der Waals surface area contributed by atoms with Gasteiger partial charge in [0, 0.05) is 25.0 Å². The van der Waals surface area contributed by atoms with Crippen molar-refractivity contribution in [1.29, 1.82) is 0 Å². The zero-order valence-corrected chi connectivity index (χ0v) is 10.5. The Balaban J connectivity index is 1.76. The lowest BCUT2D eigenvalue weighted by Crippen LogP contribution is -2.22. The summed E-state index contributed by atoms with van der Waals surface area (Å²) in [4.78, 5) is 6.68. The highest BCUT2D eigenvalue weighted by Gasteiger charge is 2.25. The molecule has 1 saturated heterocycles. The van der Waals surface area contributed by atoms with Crippen molar-refractivity contribution in [3.05, 3.63) is 66.0 Å². The summed E-state index contributed by atoms with van der Waals surface area (Å²) in [5.74, 6) is 0. The van der Waals surface area contributed by atoms with E-state index < -0.39 is 0 Å². The molecule has 18 heavy (non-hydrogen) atoms. The Labute approximate surface area is 108 Å². The summed E-state index contributed by atoms with van der Waals surface area (Å²) >= 11 is 0. The van der Waals surface area contributed by atoms with Crippen molar-refractivity contribution in [2.75, 3.05) is 6.54 Å². The molecule has 1 aliphatic heterocycles. The third kappa shape index (κ3) is 2.44. The van der Waals surface area contributed by atoms with Crippen LogP contribution in [0.4, 0.5) is 0 Å². The van der Waals surface area contributed by atoms with Gasteiger partial charge in [0.25, 0.3) is 0 Å². The highest BCUT2D eigenvalue weighted by Crippen LogP contribution is 2.32. The molecule has 0 amide bonds. The maximum absolute atomic E-state index is 4.11. The average molecular weight is 238 g/mol. The maximum atomic E-state index is 4.11. The molecule has 1 aliphatic rings. The zero-order chi connectivity index (χ0) is 12.2. The number of rotatable bonds is 3. The SMILES string of the molecule is c1ccc(CN2CCCC2c2ccncc2)cc1. The normalized spacial score (nSPS) is 20.1. The van der Waals surface area contributed by atoms with Crippen molar-refractivity contribution in [2.45, 2.75) is 25.4 Å². The van der Waals surface area contributed by atoms with E-state index in [1.165, 1.54) is 30.5 Å². The lowest BCUT2D eigenvalue weighted by molar-refractivity contribution is 0.248. The molecule has 0 saturated carbocycles. The van der Waals surface area contributed by atoms with Gasteiger partial charge in [-0.15, -0.1) is 0 Å². The van der Waals surface area contributed by atoms with Crippen LogP contribution >= 0.6 is 0 Å². The molecule has 2 heterocycles. The summed E-state index contributed by atoms with van der Waals surface area (Å²) in [7, 11) is 0. The molecule has 3 rings (SSSR count). The predicted molar refractivity (Wildman–Crippen MR) is 73.1 cm³/mol. The first-order valence-electron chi connectivity index (χ1n) is 6.61. The second-order valence-electron chi connectivity index (χ2n) is 4.89. The van der Waals surface area contributed by atoms with Crippen LogP contribution in [0.3, 0.4) is 0 Å². The molecule has 0 bridgehead atoms. The van der Waals surface area contributed by atoms with Crippen LogP contribution in [-0.2, 0) is 6.54 Å². The Hall–Kier alpha value is -1.67. The first-order valence-corrected chi connectivity index (χ1v) is 6.61. The average Bonchev–Trinajstić information content (AvgIpc) is 2.89. The van der Waals surface area contributed by atoms with Crippen LogP contribution in [0.2, 0.25) is 0 Å². The molecule has 2 heteroatoms. The monoisotopic (exact) mass is 238 g/mol. The van der Waals surface area contributed by atoms with Crippen LogP contribution in [0, 0.1) is 0 Å². The van der Waals surface area contributed by atoms with Crippen LogP contribution in [0.25, 0.3) is 0 Å². The molecule has 92 valence electrons. The van der Waals surface area contributed by atoms with Crippen LogP contribution in [0.1, 0.15) is 30.0 Å². The molecular formula is C16H18N2. The van der Waals surface area contributed by atoms with Gasteiger partial charge in [0.15, 0.2) is 0 Å². The molecule has 0 N–H and O–H groups in total. The molecule has 0 spiro atoms. The van der Waals surface area contributed by atoms with Crippen LogP contribution in [-0.4, -0.2) is 16.4 Å². The van der Waals surface area contributed by atoms with Gasteiger partial charge in [-0.05, 0) is 42.6 Å². The Kier molecular flexibility index (Phi) is 3.37.